The van der Waals surface area contributed by atoms with Crippen LogP contribution in [0.25, 0.3) is 0 Å². The second kappa shape index (κ2) is 6.98. The van der Waals surface area contributed by atoms with Gasteiger partial charge < -0.3 is 10.2 Å². The number of amides is 4. The number of hydrogen-bond donors (Lipinski definition) is 1. The van der Waals surface area contributed by atoms with Gasteiger partial charge in [-0.25, -0.2) is 17.5 Å². The van der Waals surface area contributed by atoms with Crippen LogP contribution in [0.1, 0.15) is 0 Å². The van der Waals surface area contributed by atoms with Crippen molar-refractivity contribution < 1.29 is 22.8 Å². The summed E-state index contributed by atoms with van der Waals surface area (Å²) in [7, 11) is 0.504. The zero-order chi connectivity index (χ0) is 18.9. The van der Waals surface area contributed by atoms with Gasteiger partial charge >= 0.3 is 6.03 Å². The summed E-state index contributed by atoms with van der Waals surface area (Å²) in [5.74, 6) is -1.16. The highest BCUT2D eigenvalue weighted by Gasteiger charge is 2.34. The fourth-order valence-corrected chi connectivity index (χ4v) is 3.22. The molecule has 0 radical (unpaired) electrons. The number of urea groups is 1. The maximum absolute atomic E-state index is 12.1. The van der Waals surface area contributed by atoms with E-state index in [0.717, 1.165) is 9.21 Å². The lowest BCUT2D eigenvalue weighted by Gasteiger charge is -2.16. The van der Waals surface area contributed by atoms with Crippen molar-refractivity contribution >= 4 is 45.2 Å². The number of rotatable bonds is 5. The Kier molecular flexibility index (Phi) is 5.35. The number of sulfonamides is 1. The Labute approximate surface area is 150 Å². The Bertz CT molecular complexity index is 840. The van der Waals surface area contributed by atoms with Crippen molar-refractivity contribution in [2.75, 3.05) is 39.5 Å². The lowest BCUT2D eigenvalue weighted by atomic mass is 10.3. The molecule has 1 aliphatic heterocycles. The molecular formula is C14H17ClN4O5S. The van der Waals surface area contributed by atoms with E-state index in [1.165, 1.54) is 44.2 Å². The zero-order valence-electron chi connectivity index (χ0n) is 13.8. The Morgan fingerprint density at radius 2 is 1.96 bits per heavy atom. The van der Waals surface area contributed by atoms with Crippen LogP contribution in [-0.2, 0) is 19.6 Å². The van der Waals surface area contributed by atoms with Gasteiger partial charge in [0.2, 0.25) is 15.9 Å². The molecule has 1 saturated heterocycles. The number of nitrogens with zero attached hydrogens (tertiary/aromatic N) is 3. The summed E-state index contributed by atoms with van der Waals surface area (Å²) in [6.45, 7) is -0.577. The second-order valence-corrected chi connectivity index (χ2v) is 8.15. The third kappa shape index (κ3) is 3.91. The molecule has 0 atom stereocenters. The molecule has 9 nitrogen and oxygen atoms in total. The van der Waals surface area contributed by atoms with Gasteiger partial charge in [0.15, 0.2) is 0 Å². The number of carbonyl (C=O) groups excluding carboxylic acids is 3. The normalized spacial score (nSPS) is 15.2. The first-order chi connectivity index (χ1) is 11.5. The monoisotopic (exact) mass is 388 g/mol. The number of anilines is 1. The molecule has 1 N–H and O–H groups in total. The SMILES string of the molecule is CN1CC(=O)N(CC(=O)Nc2cc(S(=O)(=O)N(C)C)ccc2Cl)C1=O. The van der Waals surface area contributed by atoms with Crippen LogP contribution in [0.3, 0.4) is 0 Å². The van der Waals surface area contributed by atoms with Crippen molar-refractivity contribution in [2.45, 2.75) is 4.90 Å². The van der Waals surface area contributed by atoms with Crippen LogP contribution in [0.15, 0.2) is 23.1 Å². The molecule has 1 aromatic carbocycles. The largest absolute Gasteiger partial charge is 0.327 e. The number of imide groups is 1. The topological polar surface area (TPSA) is 107 Å². The molecule has 11 heteroatoms. The van der Waals surface area contributed by atoms with Crippen LogP contribution in [0.5, 0.6) is 0 Å². The first kappa shape index (κ1) is 19.2. The van der Waals surface area contributed by atoms with Crippen molar-refractivity contribution in [1.82, 2.24) is 14.1 Å². The Morgan fingerprint density at radius 1 is 1.32 bits per heavy atom. The van der Waals surface area contributed by atoms with Crippen molar-refractivity contribution in [1.29, 1.82) is 0 Å². The molecule has 136 valence electrons. The van der Waals surface area contributed by atoms with Crippen LogP contribution in [0, 0.1) is 0 Å². The van der Waals surface area contributed by atoms with Gasteiger partial charge in [-0.3, -0.25) is 14.5 Å². The molecule has 0 spiro atoms. The average molecular weight is 389 g/mol. The minimum atomic E-state index is -3.70. The highest BCUT2D eigenvalue weighted by molar-refractivity contribution is 7.89. The van der Waals surface area contributed by atoms with Gasteiger partial charge in [0.25, 0.3) is 5.91 Å². The van der Waals surface area contributed by atoms with E-state index in [2.05, 4.69) is 5.32 Å². The van der Waals surface area contributed by atoms with E-state index in [1.807, 2.05) is 0 Å². The number of nitrogens with one attached hydrogen (secondary N) is 1. The number of likely N-dealkylation sites (N-methyl/N-ethyl adjacent to an activating group) is 1. The molecule has 1 aromatic rings. The first-order valence-electron chi connectivity index (χ1n) is 7.11. The molecule has 2 rings (SSSR count). The fraction of sp³-hybridized carbons (Fsp3) is 0.357. The minimum absolute atomic E-state index is 0.0507. The number of carbonyl (C=O) groups is 3. The highest BCUT2D eigenvalue weighted by atomic mass is 35.5. The Morgan fingerprint density at radius 3 is 2.48 bits per heavy atom. The lowest BCUT2D eigenvalue weighted by Crippen LogP contribution is -2.38. The van der Waals surface area contributed by atoms with Crippen LogP contribution in [0.4, 0.5) is 10.5 Å². The van der Waals surface area contributed by atoms with E-state index in [4.69, 9.17) is 11.6 Å². The summed E-state index contributed by atoms with van der Waals surface area (Å²) in [6.07, 6.45) is 0. The smallest absolute Gasteiger partial charge is 0.323 e. The van der Waals surface area contributed by atoms with Crippen molar-refractivity contribution in [2.24, 2.45) is 0 Å². The molecule has 1 fully saturated rings. The van der Waals surface area contributed by atoms with Gasteiger partial charge in [-0.2, -0.15) is 0 Å². The molecule has 4 amide bonds. The van der Waals surface area contributed by atoms with Gasteiger partial charge in [-0.15, -0.1) is 0 Å². The molecule has 1 heterocycles. The predicted molar refractivity (Wildman–Crippen MR) is 90.7 cm³/mol. The van der Waals surface area contributed by atoms with Crippen molar-refractivity contribution in [3.8, 4) is 0 Å². The van der Waals surface area contributed by atoms with E-state index < -0.39 is 34.4 Å². The molecule has 0 aromatic heterocycles. The first-order valence-corrected chi connectivity index (χ1v) is 8.93. The van der Waals surface area contributed by atoms with E-state index in [1.54, 1.807) is 0 Å². The van der Waals surface area contributed by atoms with Crippen LogP contribution in [0.2, 0.25) is 5.02 Å². The van der Waals surface area contributed by atoms with E-state index in [9.17, 15) is 22.8 Å². The summed E-state index contributed by atoms with van der Waals surface area (Å²) in [4.78, 5) is 37.5. The molecule has 25 heavy (non-hydrogen) atoms. The molecule has 0 aliphatic carbocycles. The standard InChI is InChI=1S/C14H17ClN4O5S/c1-17(2)25(23,24)9-4-5-10(15)11(6-9)16-12(20)7-19-13(21)8-18(3)14(19)22/h4-6H,7-8H2,1-3H3,(H,16,20). The van der Waals surface area contributed by atoms with E-state index >= 15 is 0 Å². The number of halogens is 1. The average Bonchev–Trinajstić information content (AvgIpc) is 2.75. The van der Waals surface area contributed by atoms with Gasteiger partial charge in [0.05, 0.1) is 15.6 Å². The van der Waals surface area contributed by atoms with Gasteiger partial charge in [0, 0.05) is 21.1 Å². The predicted octanol–water partition coefficient (Wildman–Crippen LogP) is 0.423. The Balaban J connectivity index is 2.19. The molecule has 0 saturated carbocycles. The van der Waals surface area contributed by atoms with Gasteiger partial charge in [0.1, 0.15) is 13.1 Å². The van der Waals surface area contributed by atoms with E-state index in [0.29, 0.717) is 0 Å². The molecular weight excluding hydrogens is 372 g/mol. The van der Waals surface area contributed by atoms with E-state index in [-0.39, 0.29) is 22.2 Å². The minimum Gasteiger partial charge on any atom is -0.323 e. The van der Waals surface area contributed by atoms with Gasteiger partial charge in [-0.05, 0) is 18.2 Å². The zero-order valence-corrected chi connectivity index (χ0v) is 15.4. The van der Waals surface area contributed by atoms with Gasteiger partial charge in [-0.1, -0.05) is 11.6 Å². The molecule has 1 aliphatic rings. The number of hydrogen-bond acceptors (Lipinski definition) is 5. The van der Waals surface area contributed by atoms with Crippen LogP contribution in [-0.4, -0.2) is 74.6 Å². The fourth-order valence-electron chi connectivity index (χ4n) is 2.13. The van der Waals surface area contributed by atoms with Crippen LogP contribution < -0.4 is 5.32 Å². The molecule has 0 unspecified atom stereocenters. The maximum Gasteiger partial charge on any atom is 0.327 e. The third-order valence-corrected chi connectivity index (χ3v) is 5.66. The molecule has 0 bridgehead atoms. The summed E-state index contributed by atoms with van der Waals surface area (Å²) < 4.78 is 25.3. The summed E-state index contributed by atoms with van der Waals surface area (Å²) in [6, 6.07) is 3.30. The van der Waals surface area contributed by atoms with Crippen molar-refractivity contribution in [3.63, 3.8) is 0 Å². The second-order valence-electron chi connectivity index (χ2n) is 5.60. The number of benzene rings is 1. The summed E-state index contributed by atoms with van der Waals surface area (Å²) in [5, 5.41) is 2.55. The lowest BCUT2D eigenvalue weighted by molar-refractivity contribution is -0.129. The highest BCUT2D eigenvalue weighted by Crippen LogP contribution is 2.26. The maximum atomic E-state index is 12.1. The Hall–Kier alpha value is -2.17. The van der Waals surface area contributed by atoms with Crippen LogP contribution >= 0.6 is 11.6 Å². The summed E-state index contributed by atoms with van der Waals surface area (Å²) in [5.41, 5.74) is 0.0713. The summed E-state index contributed by atoms with van der Waals surface area (Å²) >= 11 is 5.99. The van der Waals surface area contributed by atoms with Crippen molar-refractivity contribution in [3.05, 3.63) is 23.2 Å². The third-order valence-electron chi connectivity index (χ3n) is 3.52. The quantitative estimate of drug-likeness (QED) is 0.736.